The first-order valence-electron chi connectivity index (χ1n) is 8.66. The predicted molar refractivity (Wildman–Crippen MR) is 93.5 cm³/mol. The first kappa shape index (κ1) is 16.8. The molecule has 1 aromatic heterocycles. The summed E-state index contributed by atoms with van der Waals surface area (Å²) in [4.78, 5) is 9.32. The lowest BCUT2D eigenvalue weighted by Gasteiger charge is -2.38. The van der Waals surface area contributed by atoms with Crippen LogP contribution in [0.25, 0.3) is 0 Å². The van der Waals surface area contributed by atoms with Crippen LogP contribution in [0.5, 0.6) is 5.75 Å². The summed E-state index contributed by atoms with van der Waals surface area (Å²) in [5, 5.41) is 4.07. The number of rotatable bonds is 6. The molecule has 1 atom stereocenters. The quantitative estimate of drug-likeness (QED) is 0.812. The van der Waals surface area contributed by atoms with Crippen molar-refractivity contribution in [2.45, 2.75) is 32.7 Å². The molecule has 6 nitrogen and oxygen atoms in total. The van der Waals surface area contributed by atoms with Crippen molar-refractivity contribution in [2.24, 2.45) is 0 Å². The summed E-state index contributed by atoms with van der Waals surface area (Å²) in [6.07, 6.45) is 1.91. The smallest absolute Gasteiger partial charge is 0.243 e. The molecule has 1 aromatic carbocycles. The van der Waals surface area contributed by atoms with Gasteiger partial charge in [0.15, 0.2) is 5.82 Å². The van der Waals surface area contributed by atoms with Gasteiger partial charge in [-0.15, -0.1) is 0 Å². The van der Waals surface area contributed by atoms with E-state index in [1.54, 1.807) is 7.11 Å². The van der Waals surface area contributed by atoms with Gasteiger partial charge in [0, 0.05) is 44.4 Å². The van der Waals surface area contributed by atoms with Crippen molar-refractivity contribution in [1.29, 1.82) is 0 Å². The number of aromatic nitrogens is 2. The molecule has 2 heterocycles. The maximum Gasteiger partial charge on any atom is 0.243 e. The molecule has 24 heavy (non-hydrogen) atoms. The Morgan fingerprint density at radius 3 is 2.75 bits per heavy atom. The van der Waals surface area contributed by atoms with E-state index in [9.17, 15) is 0 Å². The second-order valence-electron chi connectivity index (χ2n) is 6.20. The van der Waals surface area contributed by atoms with Crippen LogP contribution in [0.1, 0.15) is 38.0 Å². The normalized spacial score (nSPS) is 17.0. The lowest BCUT2D eigenvalue weighted by atomic mass is 10.2. The van der Waals surface area contributed by atoms with Crippen molar-refractivity contribution in [3.8, 4) is 5.75 Å². The lowest BCUT2D eigenvalue weighted by Crippen LogP contribution is -2.47. The van der Waals surface area contributed by atoms with Crippen molar-refractivity contribution < 1.29 is 9.26 Å². The molecule has 1 aliphatic rings. The summed E-state index contributed by atoms with van der Waals surface area (Å²) in [5.41, 5.74) is 1.21. The average molecular weight is 330 g/mol. The Morgan fingerprint density at radius 1 is 1.25 bits per heavy atom. The van der Waals surface area contributed by atoms with Crippen molar-refractivity contribution >= 4 is 5.69 Å². The summed E-state index contributed by atoms with van der Waals surface area (Å²) in [7, 11) is 1.70. The second kappa shape index (κ2) is 7.66. The SMILES string of the molecule is CCCc1noc([C@H](C)N2CCN(c3cccc(OC)c3)CC2)n1. The van der Waals surface area contributed by atoms with E-state index in [2.05, 4.69) is 45.9 Å². The number of aryl methyl sites for hydroxylation is 1. The van der Waals surface area contributed by atoms with E-state index in [0.717, 1.165) is 56.5 Å². The molecule has 6 heteroatoms. The standard InChI is InChI=1S/C18H26N4O2/c1-4-6-17-19-18(24-20-17)14(2)21-9-11-22(12-10-21)15-7-5-8-16(13-15)23-3/h5,7-8,13-14H,4,6,9-12H2,1-3H3/t14-/m0/s1. The van der Waals surface area contributed by atoms with Crippen molar-refractivity contribution in [3.63, 3.8) is 0 Å². The molecule has 0 unspecified atom stereocenters. The topological polar surface area (TPSA) is 54.6 Å². The molecular formula is C18H26N4O2. The van der Waals surface area contributed by atoms with E-state index in [0.29, 0.717) is 0 Å². The molecule has 0 bridgehead atoms. The Kier molecular flexibility index (Phi) is 5.35. The third-order valence-corrected chi connectivity index (χ3v) is 4.60. The number of hydrogen-bond donors (Lipinski definition) is 0. The van der Waals surface area contributed by atoms with Gasteiger partial charge in [-0.3, -0.25) is 4.90 Å². The van der Waals surface area contributed by atoms with Crippen LogP contribution in [0, 0.1) is 0 Å². The van der Waals surface area contributed by atoms with Gasteiger partial charge in [0.25, 0.3) is 0 Å². The number of anilines is 1. The van der Waals surface area contributed by atoms with Gasteiger partial charge >= 0.3 is 0 Å². The Bertz CT molecular complexity index is 650. The van der Waals surface area contributed by atoms with Gasteiger partial charge in [-0.1, -0.05) is 18.1 Å². The Hall–Kier alpha value is -2.08. The molecule has 0 aliphatic carbocycles. The highest BCUT2D eigenvalue weighted by molar-refractivity contribution is 5.51. The number of ether oxygens (including phenoxy) is 1. The van der Waals surface area contributed by atoms with Gasteiger partial charge in [0.2, 0.25) is 5.89 Å². The van der Waals surface area contributed by atoms with E-state index < -0.39 is 0 Å². The van der Waals surface area contributed by atoms with E-state index in [1.165, 1.54) is 5.69 Å². The van der Waals surface area contributed by atoms with Crippen LogP contribution in [0.3, 0.4) is 0 Å². The molecule has 0 N–H and O–H groups in total. The van der Waals surface area contributed by atoms with E-state index in [1.807, 2.05) is 12.1 Å². The van der Waals surface area contributed by atoms with Crippen LogP contribution >= 0.6 is 0 Å². The Balaban J connectivity index is 1.59. The number of benzene rings is 1. The van der Waals surface area contributed by atoms with E-state index in [4.69, 9.17) is 9.26 Å². The van der Waals surface area contributed by atoms with Gasteiger partial charge in [-0.25, -0.2) is 0 Å². The summed E-state index contributed by atoms with van der Waals surface area (Å²) >= 11 is 0. The fourth-order valence-corrected chi connectivity index (χ4v) is 3.09. The highest BCUT2D eigenvalue weighted by Gasteiger charge is 2.25. The van der Waals surface area contributed by atoms with Crippen LogP contribution in [-0.2, 0) is 6.42 Å². The van der Waals surface area contributed by atoms with E-state index >= 15 is 0 Å². The van der Waals surface area contributed by atoms with Crippen molar-refractivity contribution in [1.82, 2.24) is 15.0 Å². The molecule has 3 rings (SSSR count). The number of piperazine rings is 1. The fraction of sp³-hybridized carbons (Fsp3) is 0.556. The summed E-state index contributed by atoms with van der Waals surface area (Å²) in [6, 6.07) is 8.41. The molecule has 0 amide bonds. The molecule has 0 radical (unpaired) electrons. The van der Waals surface area contributed by atoms with Gasteiger partial charge in [-0.05, 0) is 25.5 Å². The van der Waals surface area contributed by atoms with Crippen LogP contribution in [0.4, 0.5) is 5.69 Å². The van der Waals surface area contributed by atoms with Gasteiger partial charge < -0.3 is 14.2 Å². The third kappa shape index (κ3) is 3.70. The Morgan fingerprint density at radius 2 is 2.04 bits per heavy atom. The van der Waals surface area contributed by atoms with Crippen LogP contribution in [0.2, 0.25) is 0 Å². The lowest BCUT2D eigenvalue weighted by molar-refractivity contribution is 0.164. The first-order chi connectivity index (χ1) is 11.7. The summed E-state index contributed by atoms with van der Waals surface area (Å²) < 4.78 is 10.8. The molecule has 0 spiro atoms. The third-order valence-electron chi connectivity index (χ3n) is 4.60. The molecule has 1 saturated heterocycles. The predicted octanol–water partition coefficient (Wildman–Crippen LogP) is 2.91. The monoisotopic (exact) mass is 330 g/mol. The maximum absolute atomic E-state index is 5.44. The minimum atomic E-state index is 0.163. The van der Waals surface area contributed by atoms with E-state index in [-0.39, 0.29) is 6.04 Å². The van der Waals surface area contributed by atoms with Crippen molar-refractivity contribution in [3.05, 3.63) is 36.0 Å². The Labute approximate surface area is 143 Å². The first-order valence-corrected chi connectivity index (χ1v) is 8.66. The van der Waals surface area contributed by atoms with Gasteiger partial charge in [0.05, 0.1) is 13.2 Å². The minimum absolute atomic E-state index is 0.163. The highest BCUT2D eigenvalue weighted by Crippen LogP contribution is 2.25. The van der Waals surface area contributed by atoms with Crippen molar-refractivity contribution in [2.75, 3.05) is 38.2 Å². The summed E-state index contributed by atoms with van der Waals surface area (Å²) in [6.45, 7) is 8.18. The number of nitrogens with zero attached hydrogens (tertiary/aromatic N) is 4. The zero-order valence-electron chi connectivity index (χ0n) is 14.7. The molecule has 1 fully saturated rings. The fourth-order valence-electron chi connectivity index (χ4n) is 3.09. The number of hydrogen-bond acceptors (Lipinski definition) is 6. The molecule has 130 valence electrons. The zero-order valence-corrected chi connectivity index (χ0v) is 14.7. The van der Waals surface area contributed by atoms with Crippen LogP contribution in [-0.4, -0.2) is 48.3 Å². The maximum atomic E-state index is 5.44. The highest BCUT2D eigenvalue weighted by atomic mass is 16.5. The molecular weight excluding hydrogens is 304 g/mol. The molecule has 1 aliphatic heterocycles. The molecule has 2 aromatic rings. The molecule has 0 saturated carbocycles. The summed E-state index contributed by atoms with van der Waals surface area (Å²) in [5.74, 6) is 2.44. The van der Waals surface area contributed by atoms with Crippen LogP contribution in [0.15, 0.2) is 28.8 Å². The van der Waals surface area contributed by atoms with Gasteiger partial charge in [0.1, 0.15) is 5.75 Å². The number of methoxy groups -OCH3 is 1. The minimum Gasteiger partial charge on any atom is -0.497 e. The van der Waals surface area contributed by atoms with Crippen LogP contribution < -0.4 is 9.64 Å². The zero-order chi connectivity index (χ0) is 16.9. The average Bonchev–Trinajstić information content (AvgIpc) is 3.10. The second-order valence-corrected chi connectivity index (χ2v) is 6.20. The largest absolute Gasteiger partial charge is 0.497 e. The van der Waals surface area contributed by atoms with Gasteiger partial charge in [-0.2, -0.15) is 4.98 Å².